The molecule has 2 N–H and O–H groups in total. The van der Waals surface area contributed by atoms with Gasteiger partial charge in [-0.1, -0.05) is 12.1 Å². The average molecular weight is 414 g/mol. The van der Waals surface area contributed by atoms with Crippen molar-refractivity contribution >= 4 is 17.1 Å². The van der Waals surface area contributed by atoms with Gasteiger partial charge < -0.3 is 19.7 Å². The van der Waals surface area contributed by atoms with Crippen LogP contribution in [-0.4, -0.2) is 62.4 Å². The highest BCUT2D eigenvalue weighted by Crippen LogP contribution is 2.23. The SMILES string of the molecule is COc1cc(CO)ccc1CN1CCN(c2nc3c([nH]2)c(=O)n(C)c(=O)n3C)CC1. The average Bonchev–Trinajstić information content (AvgIpc) is 3.22. The molecular formula is C20H26N6O4. The molecule has 0 saturated carbocycles. The Kier molecular flexibility index (Phi) is 5.35. The number of hydrogen-bond acceptors (Lipinski definition) is 7. The third kappa shape index (κ3) is 3.48. The van der Waals surface area contributed by atoms with Crippen molar-refractivity contribution in [2.24, 2.45) is 14.1 Å². The molecule has 1 aliphatic heterocycles. The topological polar surface area (TPSA) is 109 Å². The number of aliphatic hydroxyl groups excluding tert-OH is 1. The van der Waals surface area contributed by atoms with E-state index in [9.17, 15) is 14.7 Å². The van der Waals surface area contributed by atoms with E-state index in [1.165, 1.54) is 11.6 Å². The molecule has 10 nitrogen and oxygen atoms in total. The molecule has 0 atom stereocenters. The first-order valence-corrected chi connectivity index (χ1v) is 9.82. The molecule has 30 heavy (non-hydrogen) atoms. The Balaban J connectivity index is 1.49. The van der Waals surface area contributed by atoms with Crippen LogP contribution in [0.4, 0.5) is 5.95 Å². The normalized spacial score (nSPS) is 15.1. The fraction of sp³-hybridized carbons (Fsp3) is 0.450. The van der Waals surface area contributed by atoms with Gasteiger partial charge in [-0.15, -0.1) is 0 Å². The molecule has 160 valence electrons. The minimum absolute atomic E-state index is 0.0124. The number of ether oxygens (including phenoxy) is 1. The molecule has 10 heteroatoms. The van der Waals surface area contributed by atoms with Gasteiger partial charge in [-0.2, -0.15) is 4.98 Å². The number of hydrogen-bond donors (Lipinski definition) is 2. The molecule has 4 rings (SSSR count). The number of aliphatic hydroxyl groups is 1. The van der Waals surface area contributed by atoms with Crippen molar-refractivity contribution in [3.63, 3.8) is 0 Å². The summed E-state index contributed by atoms with van der Waals surface area (Å²) in [6.45, 7) is 3.85. The van der Waals surface area contributed by atoms with Gasteiger partial charge in [0.1, 0.15) is 5.75 Å². The third-order valence-corrected chi connectivity index (χ3v) is 5.68. The molecule has 3 heterocycles. The molecule has 1 aliphatic rings. The highest BCUT2D eigenvalue weighted by Gasteiger charge is 2.22. The number of aromatic nitrogens is 4. The van der Waals surface area contributed by atoms with Gasteiger partial charge in [-0.05, 0) is 11.6 Å². The largest absolute Gasteiger partial charge is 0.496 e. The minimum Gasteiger partial charge on any atom is -0.496 e. The fourth-order valence-electron chi connectivity index (χ4n) is 3.84. The second kappa shape index (κ2) is 7.96. The molecule has 0 unspecified atom stereocenters. The number of H-pyrrole nitrogens is 1. The molecule has 1 fully saturated rings. The first-order chi connectivity index (χ1) is 14.4. The lowest BCUT2D eigenvalue weighted by atomic mass is 10.1. The van der Waals surface area contributed by atoms with E-state index in [0.717, 1.165) is 54.2 Å². The molecule has 1 aromatic carbocycles. The summed E-state index contributed by atoms with van der Waals surface area (Å²) < 4.78 is 7.94. The quantitative estimate of drug-likeness (QED) is 0.594. The van der Waals surface area contributed by atoms with Crippen molar-refractivity contribution in [2.75, 3.05) is 38.2 Å². The second-order valence-corrected chi connectivity index (χ2v) is 7.53. The Hall–Kier alpha value is -3.11. The van der Waals surface area contributed by atoms with Gasteiger partial charge in [0, 0.05) is 52.4 Å². The predicted molar refractivity (Wildman–Crippen MR) is 113 cm³/mol. The van der Waals surface area contributed by atoms with Crippen LogP contribution in [0.5, 0.6) is 5.75 Å². The Bertz CT molecular complexity index is 1190. The van der Waals surface area contributed by atoms with Crippen LogP contribution in [0.25, 0.3) is 11.2 Å². The van der Waals surface area contributed by atoms with Gasteiger partial charge in [0.15, 0.2) is 11.2 Å². The van der Waals surface area contributed by atoms with Crippen molar-refractivity contribution in [1.82, 2.24) is 24.0 Å². The number of methoxy groups -OCH3 is 1. The van der Waals surface area contributed by atoms with Crippen LogP contribution in [0, 0.1) is 0 Å². The lowest BCUT2D eigenvalue weighted by molar-refractivity contribution is 0.244. The van der Waals surface area contributed by atoms with Gasteiger partial charge in [0.25, 0.3) is 5.56 Å². The number of benzene rings is 1. The maximum absolute atomic E-state index is 12.4. The molecule has 0 bridgehead atoms. The number of piperazine rings is 1. The summed E-state index contributed by atoms with van der Waals surface area (Å²) in [5.41, 5.74) is 1.84. The van der Waals surface area contributed by atoms with E-state index >= 15 is 0 Å². The summed E-state index contributed by atoms with van der Waals surface area (Å²) in [5.74, 6) is 1.38. The number of aromatic amines is 1. The summed E-state index contributed by atoms with van der Waals surface area (Å²) >= 11 is 0. The molecule has 0 aliphatic carbocycles. The number of nitrogens with zero attached hydrogens (tertiary/aromatic N) is 5. The zero-order valence-corrected chi connectivity index (χ0v) is 17.4. The Morgan fingerprint density at radius 2 is 1.87 bits per heavy atom. The molecule has 0 spiro atoms. The van der Waals surface area contributed by atoms with E-state index < -0.39 is 5.69 Å². The Morgan fingerprint density at radius 1 is 1.13 bits per heavy atom. The fourth-order valence-corrected chi connectivity index (χ4v) is 3.84. The van der Waals surface area contributed by atoms with Gasteiger partial charge in [-0.3, -0.25) is 18.8 Å². The maximum Gasteiger partial charge on any atom is 0.332 e. The van der Waals surface area contributed by atoms with Gasteiger partial charge in [0.2, 0.25) is 5.95 Å². The lowest BCUT2D eigenvalue weighted by Crippen LogP contribution is -2.46. The van der Waals surface area contributed by atoms with Crippen molar-refractivity contribution < 1.29 is 9.84 Å². The number of fused-ring (bicyclic) bond motifs is 1. The number of rotatable bonds is 5. The molecule has 0 radical (unpaired) electrons. The summed E-state index contributed by atoms with van der Waals surface area (Å²) in [4.78, 5) is 36.5. The third-order valence-electron chi connectivity index (χ3n) is 5.68. The van der Waals surface area contributed by atoms with E-state index in [1.54, 1.807) is 14.2 Å². The first kappa shape index (κ1) is 20.2. The maximum atomic E-state index is 12.4. The molecule has 0 amide bonds. The molecule has 1 saturated heterocycles. The minimum atomic E-state index is -0.392. The monoisotopic (exact) mass is 414 g/mol. The van der Waals surface area contributed by atoms with E-state index in [1.807, 2.05) is 18.2 Å². The summed E-state index contributed by atoms with van der Waals surface area (Å²) in [6, 6.07) is 5.77. The first-order valence-electron chi connectivity index (χ1n) is 9.82. The van der Waals surface area contributed by atoms with Gasteiger partial charge in [-0.25, -0.2) is 4.79 Å². The molecular weight excluding hydrogens is 388 g/mol. The van der Waals surface area contributed by atoms with Crippen LogP contribution in [0.2, 0.25) is 0 Å². The van der Waals surface area contributed by atoms with Crippen LogP contribution in [-0.2, 0) is 27.2 Å². The number of imidazole rings is 1. The van der Waals surface area contributed by atoms with Gasteiger partial charge >= 0.3 is 5.69 Å². The number of anilines is 1. The van der Waals surface area contributed by atoms with Crippen molar-refractivity contribution in [3.05, 3.63) is 50.2 Å². The molecule has 3 aromatic rings. The summed E-state index contributed by atoms with van der Waals surface area (Å²) in [7, 11) is 4.71. The van der Waals surface area contributed by atoms with Crippen LogP contribution >= 0.6 is 0 Å². The zero-order valence-electron chi connectivity index (χ0n) is 17.4. The Labute approximate surface area is 172 Å². The van der Waals surface area contributed by atoms with Crippen molar-refractivity contribution in [2.45, 2.75) is 13.2 Å². The van der Waals surface area contributed by atoms with E-state index in [2.05, 4.69) is 19.8 Å². The highest BCUT2D eigenvalue weighted by molar-refractivity contribution is 5.73. The van der Waals surface area contributed by atoms with E-state index in [-0.39, 0.29) is 12.2 Å². The summed E-state index contributed by atoms with van der Waals surface area (Å²) in [6.07, 6.45) is 0. The van der Waals surface area contributed by atoms with E-state index in [4.69, 9.17) is 4.74 Å². The number of aryl methyl sites for hydroxylation is 1. The highest BCUT2D eigenvalue weighted by atomic mass is 16.5. The summed E-state index contributed by atoms with van der Waals surface area (Å²) in [5, 5.41) is 9.30. The zero-order chi connectivity index (χ0) is 21.4. The lowest BCUT2D eigenvalue weighted by Gasteiger charge is -2.34. The standard InChI is InChI=1S/C20H26N6O4/c1-23-17-16(18(28)24(2)20(23)29)21-19(22-17)26-8-6-25(7-9-26)11-14-5-4-13(12-27)10-15(14)30-3/h4-5,10,27H,6-9,11-12H2,1-3H3,(H,21,22). The second-order valence-electron chi connectivity index (χ2n) is 7.53. The van der Waals surface area contributed by atoms with Crippen LogP contribution in [0.15, 0.2) is 27.8 Å². The van der Waals surface area contributed by atoms with Crippen LogP contribution in [0.3, 0.4) is 0 Å². The van der Waals surface area contributed by atoms with Crippen LogP contribution < -0.4 is 20.9 Å². The van der Waals surface area contributed by atoms with Crippen molar-refractivity contribution in [1.29, 1.82) is 0 Å². The van der Waals surface area contributed by atoms with Crippen LogP contribution in [0.1, 0.15) is 11.1 Å². The van der Waals surface area contributed by atoms with Gasteiger partial charge in [0.05, 0.1) is 13.7 Å². The van der Waals surface area contributed by atoms with Crippen molar-refractivity contribution in [3.8, 4) is 5.75 Å². The van der Waals surface area contributed by atoms with E-state index in [0.29, 0.717) is 17.1 Å². The number of nitrogens with one attached hydrogen (secondary N) is 1. The molecule has 2 aromatic heterocycles. The predicted octanol–water partition coefficient (Wildman–Crippen LogP) is -0.217. The Morgan fingerprint density at radius 3 is 2.53 bits per heavy atom. The smallest absolute Gasteiger partial charge is 0.332 e.